The van der Waals surface area contributed by atoms with Crippen LogP contribution in [0.4, 0.5) is 0 Å². The van der Waals surface area contributed by atoms with Gasteiger partial charge in [-0.2, -0.15) is 0 Å². The van der Waals surface area contributed by atoms with Crippen LogP contribution in [0.2, 0.25) is 0 Å². The fraction of sp³-hybridized carbons (Fsp3) is 0.333. The van der Waals surface area contributed by atoms with Crippen molar-refractivity contribution in [1.82, 2.24) is 15.1 Å². The van der Waals surface area contributed by atoms with E-state index in [2.05, 4.69) is 34.5 Å². The fourth-order valence-electron chi connectivity index (χ4n) is 3.13. The Labute approximate surface area is 154 Å². The third-order valence-electron chi connectivity index (χ3n) is 4.56. The minimum absolute atomic E-state index is 0.0174. The highest BCUT2D eigenvalue weighted by Gasteiger charge is 2.22. The van der Waals surface area contributed by atoms with Crippen LogP contribution in [0.5, 0.6) is 0 Å². The van der Waals surface area contributed by atoms with Gasteiger partial charge >= 0.3 is 0 Å². The third-order valence-corrected chi connectivity index (χ3v) is 4.56. The van der Waals surface area contributed by atoms with Crippen molar-refractivity contribution in [3.05, 3.63) is 71.8 Å². The van der Waals surface area contributed by atoms with E-state index in [0.717, 1.165) is 19.5 Å². The predicted molar refractivity (Wildman–Crippen MR) is 101 cm³/mol. The maximum Gasteiger partial charge on any atom is 0.239 e. The molecule has 2 aromatic rings. The Balaban J connectivity index is 1.63. The molecular weight excluding hydrogens is 326 g/mol. The van der Waals surface area contributed by atoms with E-state index >= 15 is 0 Å². The van der Waals surface area contributed by atoms with E-state index < -0.39 is 0 Å². The van der Waals surface area contributed by atoms with Gasteiger partial charge in [-0.05, 0) is 17.5 Å². The summed E-state index contributed by atoms with van der Waals surface area (Å²) in [4.78, 5) is 28.0. The molecule has 0 unspecified atom stereocenters. The lowest BCUT2D eigenvalue weighted by molar-refractivity contribution is -0.139. The number of carbonyl (C=O) groups is 2. The summed E-state index contributed by atoms with van der Waals surface area (Å²) in [6, 6.07) is 20.5. The maximum atomic E-state index is 12.7. The molecule has 0 radical (unpaired) electrons. The first-order chi connectivity index (χ1) is 12.7. The van der Waals surface area contributed by atoms with Crippen molar-refractivity contribution in [1.29, 1.82) is 0 Å². The first-order valence-electron chi connectivity index (χ1n) is 9.05. The Hall–Kier alpha value is -2.66. The Bertz CT molecular complexity index is 719. The molecular formula is C21H25N3O2. The number of nitrogens with zero attached hydrogens (tertiary/aromatic N) is 2. The van der Waals surface area contributed by atoms with Crippen molar-refractivity contribution in [3.8, 4) is 0 Å². The summed E-state index contributed by atoms with van der Waals surface area (Å²) in [5, 5.41) is 2.76. The van der Waals surface area contributed by atoms with Crippen LogP contribution in [-0.4, -0.2) is 54.3 Å². The van der Waals surface area contributed by atoms with Crippen molar-refractivity contribution >= 4 is 11.8 Å². The largest absolute Gasteiger partial charge is 0.353 e. The Morgan fingerprint density at radius 2 is 1.65 bits per heavy atom. The van der Waals surface area contributed by atoms with E-state index in [1.807, 2.05) is 36.4 Å². The summed E-state index contributed by atoms with van der Waals surface area (Å²) in [7, 11) is 0. The van der Waals surface area contributed by atoms with Crippen LogP contribution in [-0.2, 0) is 22.6 Å². The third kappa shape index (κ3) is 5.43. The number of nitrogens with one attached hydrogen (secondary N) is 1. The molecule has 0 spiro atoms. The number of hydrogen-bond donors (Lipinski definition) is 1. The molecule has 1 fully saturated rings. The molecule has 0 aromatic heterocycles. The van der Waals surface area contributed by atoms with Crippen LogP contribution in [0, 0.1) is 0 Å². The van der Waals surface area contributed by atoms with Crippen LogP contribution >= 0.6 is 0 Å². The van der Waals surface area contributed by atoms with E-state index in [-0.39, 0.29) is 18.4 Å². The quantitative estimate of drug-likeness (QED) is 0.826. The van der Waals surface area contributed by atoms with Gasteiger partial charge in [0, 0.05) is 26.2 Å². The van der Waals surface area contributed by atoms with Gasteiger partial charge in [0.05, 0.1) is 13.1 Å². The van der Waals surface area contributed by atoms with Crippen LogP contribution in [0.15, 0.2) is 60.7 Å². The molecule has 2 amide bonds. The summed E-state index contributed by atoms with van der Waals surface area (Å²) in [6.07, 6.45) is 0.890. The molecule has 1 aliphatic rings. The summed E-state index contributed by atoms with van der Waals surface area (Å²) in [5.74, 6) is -0.0627. The van der Waals surface area contributed by atoms with Crippen molar-refractivity contribution < 1.29 is 9.59 Å². The topological polar surface area (TPSA) is 52.7 Å². The summed E-state index contributed by atoms with van der Waals surface area (Å²) in [6.45, 7) is 3.13. The van der Waals surface area contributed by atoms with Crippen LogP contribution in [0.25, 0.3) is 0 Å². The van der Waals surface area contributed by atoms with E-state index in [4.69, 9.17) is 0 Å². The molecule has 0 atom stereocenters. The van der Waals surface area contributed by atoms with E-state index in [1.54, 1.807) is 4.90 Å². The second kappa shape index (κ2) is 9.15. The van der Waals surface area contributed by atoms with Crippen molar-refractivity contribution in [3.63, 3.8) is 0 Å². The van der Waals surface area contributed by atoms with Gasteiger partial charge in [0.25, 0.3) is 0 Å². The van der Waals surface area contributed by atoms with Gasteiger partial charge in [-0.3, -0.25) is 14.5 Å². The number of piperazine rings is 1. The average molecular weight is 351 g/mol. The number of rotatable bonds is 7. The zero-order valence-electron chi connectivity index (χ0n) is 14.9. The Morgan fingerprint density at radius 1 is 1.00 bits per heavy atom. The summed E-state index contributed by atoms with van der Waals surface area (Å²) < 4.78 is 0. The SMILES string of the molecule is O=C1CN(C(=O)CN(CCc2ccccc2)Cc2ccccc2)CCN1. The highest BCUT2D eigenvalue weighted by atomic mass is 16.2. The molecule has 1 aliphatic heterocycles. The van der Waals surface area contributed by atoms with Gasteiger partial charge in [0.1, 0.15) is 0 Å². The molecule has 0 saturated carbocycles. The monoisotopic (exact) mass is 351 g/mol. The van der Waals surface area contributed by atoms with E-state index in [0.29, 0.717) is 19.6 Å². The number of carbonyl (C=O) groups excluding carboxylic acids is 2. The second-order valence-electron chi connectivity index (χ2n) is 6.60. The minimum Gasteiger partial charge on any atom is -0.353 e. The van der Waals surface area contributed by atoms with Crippen molar-refractivity contribution in [2.75, 3.05) is 32.7 Å². The zero-order valence-corrected chi connectivity index (χ0v) is 14.9. The molecule has 1 heterocycles. The van der Waals surface area contributed by atoms with Gasteiger partial charge in [-0.1, -0.05) is 60.7 Å². The molecule has 5 nitrogen and oxygen atoms in total. The van der Waals surface area contributed by atoms with E-state index in [1.165, 1.54) is 11.1 Å². The molecule has 1 N–H and O–H groups in total. The second-order valence-corrected chi connectivity index (χ2v) is 6.60. The summed E-state index contributed by atoms with van der Waals surface area (Å²) in [5.41, 5.74) is 2.44. The molecule has 1 saturated heterocycles. The highest BCUT2D eigenvalue weighted by Crippen LogP contribution is 2.08. The lowest BCUT2D eigenvalue weighted by Crippen LogP contribution is -2.52. The maximum absolute atomic E-state index is 12.7. The highest BCUT2D eigenvalue weighted by molar-refractivity contribution is 5.86. The molecule has 2 aromatic carbocycles. The Morgan fingerprint density at radius 3 is 2.31 bits per heavy atom. The Kier molecular flexibility index (Phi) is 6.39. The van der Waals surface area contributed by atoms with Crippen LogP contribution in [0.1, 0.15) is 11.1 Å². The van der Waals surface area contributed by atoms with Crippen LogP contribution < -0.4 is 5.32 Å². The first-order valence-corrected chi connectivity index (χ1v) is 9.05. The molecule has 0 aliphatic carbocycles. The van der Waals surface area contributed by atoms with Gasteiger partial charge < -0.3 is 10.2 Å². The lowest BCUT2D eigenvalue weighted by Gasteiger charge is -2.30. The van der Waals surface area contributed by atoms with Gasteiger partial charge in [0.15, 0.2) is 0 Å². The zero-order chi connectivity index (χ0) is 18.2. The standard InChI is InChI=1S/C21H25N3O2/c25-20-16-24(14-12-22-20)21(26)17-23(15-19-9-5-2-6-10-19)13-11-18-7-3-1-4-8-18/h1-10H,11-17H2,(H,22,25). The molecule has 136 valence electrons. The van der Waals surface area contributed by atoms with Gasteiger partial charge in [-0.15, -0.1) is 0 Å². The fourth-order valence-corrected chi connectivity index (χ4v) is 3.13. The number of amides is 2. The molecule has 5 heteroatoms. The molecule has 0 bridgehead atoms. The van der Waals surface area contributed by atoms with Crippen molar-refractivity contribution in [2.45, 2.75) is 13.0 Å². The molecule has 26 heavy (non-hydrogen) atoms. The van der Waals surface area contributed by atoms with Crippen molar-refractivity contribution in [2.24, 2.45) is 0 Å². The molecule has 3 rings (SSSR count). The van der Waals surface area contributed by atoms with Crippen LogP contribution in [0.3, 0.4) is 0 Å². The summed E-state index contributed by atoms with van der Waals surface area (Å²) >= 11 is 0. The predicted octanol–water partition coefficient (Wildman–Crippen LogP) is 1.69. The lowest BCUT2D eigenvalue weighted by atomic mass is 10.1. The number of benzene rings is 2. The van der Waals surface area contributed by atoms with Gasteiger partial charge in [-0.25, -0.2) is 0 Å². The minimum atomic E-state index is -0.0801. The van der Waals surface area contributed by atoms with Gasteiger partial charge in [0.2, 0.25) is 11.8 Å². The smallest absolute Gasteiger partial charge is 0.239 e. The normalized spacial score (nSPS) is 14.3. The van der Waals surface area contributed by atoms with E-state index in [9.17, 15) is 9.59 Å². The first kappa shape index (κ1) is 18.1. The number of hydrogen-bond acceptors (Lipinski definition) is 3. The average Bonchev–Trinajstić information content (AvgIpc) is 2.68.